The Morgan fingerprint density at radius 1 is 1.22 bits per heavy atom. The number of hydrogen-bond donors (Lipinski definition) is 1. The molecule has 0 spiro atoms. The molecule has 3 aliphatic rings. The zero-order chi connectivity index (χ0) is 21.6. The van der Waals surface area contributed by atoms with Crippen molar-refractivity contribution in [2.24, 2.45) is 0 Å². The van der Waals surface area contributed by atoms with Crippen LogP contribution in [-0.2, 0) is 14.2 Å². The molecule has 4 heterocycles. The normalized spacial score (nSPS) is 19.7. The highest BCUT2D eigenvalue weighted by molar-refractivity contribution is 5.69. The van der Waals surface area contributed by atoms with E-state index in [0.29, 0.717) is 36.7 Å². The lowest BCUT2D eigenvalue weighted by Gasteiger charge is -2.24. The highest BCUT2D eigenvalue weighted by Gasteiger charge is 2.24. The number of aromatic nitrogens is 3. The standard InChI is InChI=1S/C23H25N5O4/c1-2-6-17(7-3-1)15-28(20-16-29-12-13-31-20)23-27-26-22(32-23)19-9-4-10-24-21(19)25-14-18-8-5-11-30-18/h1-2,4,6,9-10,12-13,16,18H,3,5,7-8,11,14-15H2,(H,24,25). The molecule has 32 heavy (non-hydrogen) atoms. The van der Waals surface area contributed by atoms with Crippen molar-refractivity contribution < 1.29 is 18.6 Å². The minimum Gasteiger partial charge on any atom is -0.464 e. The first kappa shape index (κ1) is 20.3. The van der Waals surface area contributed by atoms with Gasteiger partial charge in [0.05, 0.1) is 18.2 Å². The number of nitrogens with one attached hydrogen (secondary N) is 1. The van der Waals surface area contributed by atoms with Gasteiger partial charge in [0.15, 0.2) is 6.26 Å². The Bertz CT molecular complexity index is 1050. The highest BCUT2D eigenvalue weighted by Crippen LogP contribution is 2.30. The summed E-state index contributed by atoms with van der Waals surface area (Å²) in [6.07, 6.45) is 16.8. The predicted molar refractivity (Wildman–Crippen MR) is 118 cm³/mol. The van der Waals surface area contributed by atoms with Crippen LogP contribution in [0.15, 0.2) is 71.2 Å². The Morgan fingerprint density at radius 2 is 2.22 bits per heavy atom. The van der Waals surface area contributed by atoms with E-state index in [9.17, 15) is 0 Å². The molecule has 0 saturated carbocycles. The quantitative estimate of drug-likeness (QED) is 0.657. The Balaban J connectivity index is 1.38. The summed E-state index contributed by atoms with van der Waals surface area (Å²) in [5.41, 5.74) is 1.96. The fourth-order valence-electron chi connectivity index (χ4n) is 3.78. The molecule has 1 atom stereocenters. The maximum absolute atomic E-state index is 6.09. The Kier molecular flexibility index (Phi) is 6.16. The minimum absolute atomic E-state index is 0.194. The molecule has 1 fully saturated rings. The number of anilines is 2. The van der Waals surface area contributed by atoms with Gasteiger partial charge in [0, 0.05) is 19.3 Å². The smallest absolute Gasteiger partial charge is 0.325 e. The van der Waals surface area contributed by atoms with E-state index in [2.05, 4.69) is 38.7 Å². The van der Waals surface area contributed by atoms with E-state index < -0.39 is 0 Å². The van der Waals surface area contributed by atoms with Crippen LogP contribution in [0.5, 0.6) is 0 Å². The van der Waals surface area contributed by atoms with Crippen LogP contribution < -0.4 is 10.2 Å². The molecule has 1 N–H and O–H groups in total. The van der Waals surface area contributed by atoms with E-state index in [1.807, 2.05) is 12.1 Å². The summed E-state index contributed by atoms with van der Waals surface area (Å²) in [6.45, 7) is 2.04. The van der Waals surface area contributed by atoms with E-state index in [4.69, 9.17) is 18.6 Å². The molecule has 2 aromatic heterocycles. The summed E-state index contributed by atoms with van der Waals surface area (Å²) < 4.78 is 22.7. The van der Waals surface area contributed by atoms with Gasteiger partial charge in [-0.05, 0) is 43.4 Å². The molecule has 2 aliphatic heterocycles. The zero-order valence-electron chi connectivity index (χ0n) is 17.6. The second-order valence-electron chi connectivity index (χ2n) is 7.67. The lowest BCUT2D eigenvalue weighted by Crippen LogP contribution is -2.27. The molecule has 1 aliphatic carbocycles. The fraction of sp³-hybridized carbons (Fsp3) is 0.348. The molecule has 5 rings (SSSR count). The second kappa shape index (κ2) is 9.69. The van der Waals surface area contributed by atoms with Crippen LogP contribution in [0.4, 0.5) is 11.8 Å². The first-order valence-corrected chi connectivity index (χ1v) is 10.8. The van der Waals surface area contributed by atoms with Crippen LogP contribution in [0.3, 0.4) is 0 Å². The summed E-state index contributed by atoms with van der Waals surface area (Å²) in [4.78, 5) is 6.27. The molecule has 1 unspecified atom stereocenters. The van der Waals surface area contributed by atoms with Crippen molar-refractivity contribution in [3.05, 3.63) is 66.8 Å². The molecular formula is C23H25N5O4. The van der Waals surface area contributed by atoms with Gasteiger partial charge in [-0.2, -0.15) is 0 Å². The molecule has 0 aromatic carbocycles. The van der Waals surface area contributed by atoms with Gasteiger partial charge < -0.3 is 23.9 Å². The van der Waals surface area contributed by atoms with Gasteiger partial charge in [-0.25, -0.2) is 4.98 Å². The van der Waals surface area contributed by atoms with E-state index in [-0.39, 0.29) is 6.10 Å². The Morgan fingerprint density at radius 3 is 3.03 bits per heavy atom. The number of pyridine rings is 1. The van der Waals surface area contributed by atoms with Crippen LogP contribution in [0.1, 0.15) is 25.7 Å². The monoisotopic (exact) mass is 435 g/mol. The van der Waals surface area contributed by atoms with Gasteiger partial charge in [-0.1, -0.05) is 23.3 Å². The van der Waals surface area contributed by atoms with Gasteiger partial charge in [0.1, 0.15) is 18.3 Å². The molecule has 9 heteroatoms. The van der Waals surface area contributed by atoms with Crippen molar-refractivity contribution in [1.82, 2.24) is 15.2 Å². The van der Waals surface area contributed by atoms with Crippen molar-refractivity contribution in [2.75, 3.05) is 29.9 Å². The summed E-state index contributed by atoms with van der Waals surface area (Å²) in [6, 6.07) is 4.07. The van der Waals surface area contributed by atoms with Crippen molar-refractivity contribution in [3.8, 4) is 11.5 Å². The van der Waals surface area contributed by atoms with Crippen molar-refractivity contribution in [1.29, 1.82) is 0 Å². The first-order valence-electron chi connectivity index (χ1n) is 10.8. The van der Waals surface area contributed by atoms with Crippen LogP contribution in [0.2, 0.25) is 0 Å². The molecule has 0 radical (unpaired) electrons. The Labute approximate surface area is 186 Å². The van der Waals surface area contributed by atoms with Gasteiger partial charge in [-0.15, -0.1) is 5.10 Å². The van der Waals surface area contributed by atoms with Crippen molar-refractivity contribution in [2.45, 2.75) is 31.8 Å². The van der Waals surface area contributed by atoms with E-state index in [1.54, 1.807) is 11.1 Å². The van der Waals surface area contributed by atoms with Gasteiger partial charge in [0.25, 0.3) is 5.89 Å². The molecule has 2 aromatic rings. The van der Waals surface area contributed by atoms with E-state index in [0.717, 1.165) is 37.9 Å². The van der Waals surface area contributed by atoms with E-state index >= 15 is 0 Å². The lowest BCUT2D eigenvalue weighted by atomic mass is 10.1. The molecule has 9 nitrogen and oxygen atoms in total. The van der Waals surface area contributed by atoms with Gasteiger partial charge in [0.2, 0.25) is 5.88 Å². The predicted octanol–water partition coefficient (Wildman–Crippen LogP) is 4.12. The fourth-order valence-corrected chi connectivity index (χ4v) is 3.78. The number of hydrogen-bond acceptors (Lipinski definition) is 9. The zero-order valence-corrected chi connectivity index (χ0v) is 17.6. The third kappa shape index (κ3) is 4.67. The third-order valence-electron chi connectivity index (χ3n) is 5.42. The number of rotatable bonds is 8. The average Bonchev–Trinajstić information content (AvgIpc) is 3.55. The van der Waals surface area contributed by atoms with Crippen LogP contribution in [0.25, 0.3) is 11.5 Å². The second-order valence-corrected chi connectivity index (χ2v) is 7.67. The maximum Gasteiger partial charge on any atom is 0.325 e. The summed E-state index contributed by atoms with van der Waals surface area (Å²) in [5.74, 6) is 1.53. The molecular weight excluding hydrogens is 410 g/mol. The van der Waals surface area contributed by atoms with Crippen LogP contribution >= 0.6 is 0 Å². The average molecular weight is 435 g/mol. The maximum atomic E-state index is 6.09. The van der Waals surface area contributed by atoms with E-state index in [1.165, 1.54) is 24.4 Å². The largest absolute Gasteiger partial charge is 0.464 e. The number of nitrogens with zero attached hydrogens (tertiary/aromatic N) is 4. The summed E-state index contributed by atoms with van der Waals surface area (Å²) >= 11 is 0. The molecule has 0 bridgehead atoms. The molecule has 1 saturated heterocycles. The number of ether oxygens (including phenoxy) is 3. The first-order chi connectivity index (χ1) is 15.9. The van der Waals surface area contributed by atoms with Crippen molar-refractivity contribution in [3.63, 3.8) is 0 Å². The van der Waals surface area contributed by atoms with Crippen LogP contribution in [-0.4, -0.2) is 41.0 Å². The highest BCUT2D eigenvalue weighted by atomic mass is 16.5. The Hall–Kier alpha value is -3.59. The van der Waals surface area contributed by atoms with Crippen molar-refractivity contribution >= 4 is 11.8 Å². The number of allylic oxidation sites excluding steroid dienone is 3. The minimum atomic E-state index is 0.194. The van der Waals surface area contributed by atoms with Gasteiger partial charge >= 0.3 is 6.01 Å². The SMILES string of the molecule is C1=CCCC(CN(C2=COC=CO2)c2nnc(-c3cccnc3NCC3CCCO3)o2)=C1. The molecule has 0 amide bonds. The summed E-state index contributed by atoms with van der Waals surface area (Å²) in [5, 5.41) is 11.9. The lowest BCUT2D eigenvalue weighted by molar-refractivity contribution is 0.120. The molecule has 166 valence electrons. The van der Waals surface area contributed by atoms with Gasteiger partial charge in [-0.3, -0.25) is 4.90 Å². The third-order valence-corrected chi connectivity index (χ3v) is 5.42. The van der Waals surface area contributed by atoms with Crippen LogP contribution in [0, 0.1) is 0 Å². The topological polar surface area (TPSA) is 94.8 Å². The summed E-state index contributed by atoms with van der Waals surface area (Å²) in [7, 11) is 0.